The molecule has 0 saturated heterocycles. The van der Waals surface area contributed by atoms with Gasteiger partial charge in [-0.05, 0) is 81.6 Å². The molecular weight excluding hydrogens is 705 g/mol. The Kier molecular flexibility index (Phi) is 6.98. The predicted octanol–water partition coefficient (Wildman–Crippen LogP) is 15.3. The zero-order chi connectivity index (χ0) is 38.5. The van der Waals surface area contributed by atoms with Crippen molar-refractivity contribution in [1.29, 1.82) is 0 Å². The van der Waals surface area contributed by atoms with Gasteiger partial charge in [-0.1, -0.05) is 159 Å². The van der Waals surface area contributed by atoms with E-state index in [4.69, 9.17) is 4.42 Å². The van der Waals surface area contributed by atoms with E-state index in [-0.39, 0.29) is 5.41 Å². The molecule has 58 heavy (non-hydrogen) atoms. The molecule has 0 unspecified atom stereocenters. The molecule has 2 aromatic heterocycles. The molecule has 0 amide bonds. The molecule has 274 valence electrons. The Bertz CT molecular complexity index is 3400. The molecule has 12 rings (SSSR count). The molecule has 0 aliphatic heterocycles. The number of fused-ring (bicyclic) bond motifs is 10. The fourth-order valence-corrected chi connectivity index (χ4v) is 10.0. The molecule has 0 saturated carbocycles. The van der Waals surface area contributed by atoms with Gasteiger partial charge in [-0.2, -0.15) is 0 Å². The summed E-state index contributed by atoms with van der Waals surface area (Å²) in [5, 5.41) is 7.09. The lowest BCUT2D eigenvalue weighted by Gasteiger charge is -2.34. The molecule has 9 aromatic carbocycles. The fraction of sp³-hybridized carbons (Fsp3) is 0.0545. The summed E-state index contributed by atoms with van der Waals surface area (Å²) < 4.78 is 9.35. The van der Waals surface area contributed by atoms with Gasteiger partial charge in [-0.25, -0.2) is 0 Å². The van der Waals surface area contributed by atoms with E-state index in [9.17, 15) is 0 Å². The summed E-state index contributed by atoms with van der Waals surface area (Å²) in [6.45, 7) is 4.76. The minimum atomic E-state index is -0.252. The molecule has 0 spiro atoms. The number of nitrogens with zero attached hydrogens (tertiary/aromatic N) is 2. The Morgan fingerprint density at radius 3 is 1.78 bits per heavy atom. The van der Waals surface area contributed by atoms with Crippen LogP contribution in [0.4, 0.5) is 17.1 Å². The van der Waals surface area contributed by atoms with Crippen LogP contribution in [0.25, 0.3) is 82.5 Å². The normalized spacial score (nSPS) is 13.1. The minimum absolute atomic E-state index is 0.252. The second kappa shape index (κ2) is 12.3. The lowest BCUT2D eigenvalue weighted by atomic mass is 9.81. The Morgan fingerprint density at radius 1 is 0.431 bits per heavy atom. The zero-order valence-corrected chi connectivity index (χ0v) is 32.3. The summed E-state index contributed by atoms with van der Waals surface area (Å²) in [5.41, 5.74) is 15.7. The van der Waals surface area contributed by atoms with Crippen molar-refractivity contribution in [2.75, 3.05) is 4.90 Å². The monoisotopic (exact) mass is 742 g/mol. The van der Waals surface area contributed by atoms with E-state index in [1.807, 2.05) is 0 Å². The molecule has 3 nitrogen and oxygen atoms in total. The number of hydrogen-bond donors (Lipinski definition) is 0. The maximum atomic E-state index is 6.90. The van der Waals surface area contributed by atoms with Gasteiger partial charge >= 0.3 is 0 Å². The number of benzene rings is 9. The zero-order valence-electron chi connectivity index (χ0n) is 32.3. The van der Waals surface area contributed by atoms with Gasteiger partial charge in [0, 0.05) is 38.1 Å². The minimum Gasteiger partial charge on any atom is -0.455 e. The third-order valence-corrected chi connectivity index (χ3v) is 12.5. The first kappa shape index (κ1) is 32.8. The Hall–Kier alpha value is -7.36. The van der Waals surface area contributed by atoms with Crippen molar-refractivity contribution in [1.82, 2.24) is 4.57 Å². The van der Waals surface area contributed by atoms with Crippen molar-refractivity contribution in [3.8, 4) is 27.9 Å². The molecule has 0 N–H and O–H groups in total. The van der Waals surface area contributed by atoms with Crippen molar-refractivity contribution >= 4 is 71.6 Å². The standard InChI is InChI=1S/C55H38N2O/c1-55(2)45-26-9-5-19-37(45)41-23-16-32-51(53(41)55)57(50-31-14-13-30-49(50)56-46-27-10-6-20-38(46)39-21-7-11-28-47(39)56)48-29-12-8-22-40(48)42-24-15-25-43-44-33-35-17-3-4-18-36(35)34-52(44)58-54(42)43/h3-34H,1-2H3. The van der Waals surface area contributed by atoms with Crippen molar-refractivity contribution in [2.45, 2.75) is 19.3 Å². The van der Waals surface area contributed by atoms with Crippen LogP contribution in [-0.2, 0) is 5.41 Å². The number of hydrogen-bond acceptors (Lipinski definition) is 2. The third kappa shape index (κ3) is 4.62. The summed E-state index contributed by atoms with van der Waals surface area (Å²) in [5.74, 6) is 0. The van der Waals surface area contributed by atoms with Crippen LogP contribution >= 0.6 is 0 Å². The molecular formula is C55H38N2O. The highest BCUT2D eigenvalue weighted by molar-refractivity contribution is 6.14. The second-order valence-corrected chi connectivity index (χ2v) is 16.1. The molecule has 3 heteroatoms. The smallest absolute Gasteiger partial charge is 0.143 e. The van der Waals surface area contributed by atoms with E-state index in [0.717, 1.165) is 55.8 Å². The van der Waals surface area contributed by atoms with Gasteiger partial charge < -0.3 is 13.9 Å². The summed E-state index contributed by atoms with van der Waals surface area (Å²) >= 11 is 0. The van der Waals surface area contributed by atoms with Gasteiger partial charge in [0.25, 0.3) is 0 Å². The van der Waals surface area contributed by atoms with Crippen molar-refractivity contribution < 1.29 is 4.42 Å². The number of aromatic nitrogens is 1. The van der Waals surface area contributed by atoms with E-state index >= 15 is 0 Å². The second-order valence-electron chi connectivity index (χ2n) is 16.1. The van der Waals surface area contributed by atoms with Gasteiger partial charge in [-0.15, -0.1) is 0 Å². The molecule has 1 aliphatic rings. The van der Waals surface area contributed by atoms with Crippen LogP contribution < -0.4 is 4.90 Å². The van der Waals surface area contributed by atoms with E-state index in [0.29, 0.717) is 0 Å². The fourth-order valence-electron chi connectivity index (χ4n) is 10.0. The quantitative estimate of drug-likeness (QED) is 0.175. The van der Waals surface area contributed by atoms with E-state index < -0.39 is 0 Å². The van der Waals surface area contributed by atoms with Crippen LogP contribution in [0.15, 0.2) is 199 Å². The summed E-state index contributed by atoms with van der Waals surface area (Å²) in [4.78, 5) is 2.52. The molecule has 1 aliphatic carbocycles. The topological polar surface area (TPSA) is 21.3 Å². The average molecular weight is 743 g/mol. The predicted molar refractivity (Wildman–Crippen MR) is 243 cm³/mol. The first-order chi connectivity index (χ1) is 28.6. The van der Waals surface area contributed by atoms with E-state index in [2.05, 4.69) is 217 Å². The highest BCUT2D eigenvalue weighted by Crippen LogP contribution is 2.56. The number of furan rings is 1. The van der Waals surface area contributed by atoms with Gasteiger partial charge in [0.15, 0.2) is 0 Å². The molecule has 0 radical (unpaired) electrons. The van der Waals surface area contributed by atoms with Crippen LogP contribution in [0.1, 0.15) is 25.0 Å². The van der Waals surface area contributed by atoms with Gasteiger partial charge in [0.05, 0.1) is 33.8 Å². The highest BCUT2D eigenvalue weighted by atomic mass is 16.3. The summed E-state index contributed by atoms with van der Waals surface area (Å²) in [7, 11) is 0. The molecule has 0 fully saturated rings. The number of rotatable bonds is 5. The lowest BCUT2D eigenvalue weighted by molar-refractivity contribution is 0.660. The van der Waals surface area contributed by atoms with Gasteiger partial charge in [-0.3, -0.25) is 0 Å². The highest BCUT2D eigenvalue weighted by Gasteiger charge is 2.39. The molecule has 2 heterocycles. The van der Waals surface area contributed by atoms with Gasteiger partial charge in [0.1, 0.15) is 11.2 Å². The lowest BCUT2D eigenvalue weighted by Crippen LogP contribution is -2.21. The Morgan fingerprint density at radius 2 is 0.983 bits per heavy atom. The summed E-state index contributed by atoms with van der Waals surface area (Å²) in [6.07, 6.45) is 0. The van der Waals surface area contributed by atoms with Crippen LogP contribution in [0.3, 0.4) is 0 Å². The summed E-state index contributed by atoms with van der Waals surface area (Å²) in [6, 6.07) is 70.7. The Balaban J connectivity index is 1.18. The third-order valence-electron chi connectivity index (χ3n) is 12.5. The number of anilines is 3. The molecule has 0 atom stereocenters. The van der Waals surface area contributed by atoms with Crippen LogP contribution in [-0.4, -0.2) is 4.57 Å². The maximum Gasteiger partial charge on any atom is 0.143 e. The van der Waals surface area contributed by atoms with Crippen LogP contribution in [0, 0.1) is 0 Å². The van der Waals surface area contributed by atoms with Crippen LogP contribution in [0.5, 0.6) is 0 Å². The average Bonchev–Trinajstić information content (AvgIpc) is 3.89. The van der Waals surface area contributed by atoms with Crippen molar-refractivity contribution in [3.63, 3.8) is 0 Å². The maximum absolute atomic E-state index is 6.90. The van der Waals surface area contributed by atoms with E-state index in [1.54, 1.807) is 0 Å². The van der Waals surface area contributed by atoms with Crippen molar-refractivity contribution in [3.05, 3.63) is 205 Å². The molecule has 11 aromatic rings. The SMILES string of the molecule is CC1(C)c2ccccc2-c2cccc(N(c3ccccc3-c3cccc4c3oc3cc5ccccc5cc34)c3ccccc3-n3c4ccccc4c4ccccc43)c21. The molecule has 0 bridgehead atoms. The largest absolute Gasteiger partial charge is 0.455 e. The first-order valence-electron chi connectivity index (χ1n) is 20.1. The first-order valence-corrected chi connectivity index (χ1v) is 20.1. The van der Waals surface area contributed by atoms with Crippen molar-refractivity contribution in [2.24, 2.45) is 0 Å². The van der Waals surface area contributed by atoms with Crippen LogP contribution in [0.2, 0.25) is 0 Å². The van der Waals surface area contributed by atoms with Gasteiger partial charge in [0.2, 0.25) is 0 Å². The van der Waals surface area contributed by atoms with E-state index in [1.165, 1.54) is 54.8 Å². The Labute approximate surface area is 336 Å². The number of para-hydroxylation sites is 6.